The van der Waals surface area contributed by atoms with Crippen LogP contribution in [0.15, 0.2) is 45.6 Å². The normalized spacial score (nSPS) is 18.5. The van der Waals surface area contributed by atoms with Crippen LogP contribution >= 0.6 is 46.3 Å². The van der Waals surface area contributed by atoms with E-state index in [4.69, 9.17) is 23.2 Å². The van der Waals surface area contributed by atoms with Crippen molar-refractivity contribution in [3.05, 3.63) is 55.5 Å². The van der Waals surface area contributed by atoms with Gasteiger partial charge in [0, 0.05) is 9.90 Å². The fourth-order valence-corrected chi connectivity index (χ4v) is 3.67. The zero-order valence-electron chi connectivity index (χ0n) is 10.5. The van der Waals surface area contributed by atoms with Gasteiger partial charge in [0.25, 0.3) is 5.91 Å². The van der Waals surface area contributed by atoms with Crippen molar-refractivity contribution < 1.29 is 4.79 Å². The van der Waals surface area contributed by atoms with Crippen molar-refractivity contribution in [1.82, 2.24) is 5.32 Å². The van der Waals surface area contributed by atoms with Gasteiger partial charge in [0.05, 0.1) is 15.6 Å². The van der Waals surface area contributed by atoms with Gasteiger partial charge in [-0.2, -0.15) is 0 Å². The van der Waals surface area contributed by atoms with Gasteiger partial charge >= 0.3 is 0 Å². The highest BCUT2D eigenvalue weighted by molar-refractivity contribution is 8.18. The number of amides is 1. The van der Waals surface area contributed by atoms with Gasteiger partial charge in [-0.25, -0.2) is 4.99 Å². The van der Waals surface area contributed by atoms with Gasteiger partial charge in [0.1, 0.15) is 0 Å². The van der Waals surface area contributed by atoms with Gasteiger partial charge in [-0.1, -0.05) is 29.3 Å². The van der Waals surface area contributed by atoms with E-state index in [0.29, 0.717) is 25.8 Å². The van der Waals surface area contributed by atoms with Crippen LogP contribution in [0.2, 0.25) is 10.0 Å². The Kier molecular flexibility index (Phi) is 4.35. The molecule has 3 nitrogen and oxygen atoms in total. The number of nitrogens with zero attached hydrogens (tertiary/aromatic N) is 1. The summed E-state index contributed by atoms with van der Waals surface area (Å²) in [5.41, 5.74) is 0.571. The van der Waals surface area contributed by atoms with Gasteiger partial charge in [0.2, 0.25) is 0 Å². The van der Waals surface area contributed by atoms with Crippen molar-refractivity contribution >= 4 is 69.1 Å². The Balaban J connectivity index is 1.85. The van der Waals surface area contributed by atoms with E-state index in [1.807, 2.05) is 23.6 Å². The third kappa shape index (κ3) is 3.49. The molecule has 0 unspecified atom stereocenters. The van der Waals surface area contributed by atoms with Crippen LogP contribution in [0.4, 0.5) is 5.69 Å². The Morgan fingerprint density at radius 2 is 2.10 bits per heavy atom. The van der Waals surface area contributed by atoms with Crippen LogP contribution in [0.25, 0.3) is 6.08 Å². The van der Waals surface area contributed by atoms with Crippen LogP contribution in [0.5, 0.6) is 0 Å². The highest BCUT2D eigenvalue weighted by atomic mass is 35.5. The largest absolute Gasteiger partial charge is 0.300 e. The Labute approximate surface area is 139 Å². The first-order chi connectivity index (χ1) is 10.1. The van der Waals surface area contributed by atoms with E-state index in [9.17, 15) is 4.79 Å². The Morgan fingerprint density at radius 3 is 2.81 bits per heavy atom. The van der Waals surface area contributed by atoms with Gasteiger partial charge in [-0.15, -0.1) is 11.3 Å². The molecule has 3 rings (SSSR count). The number of benzene rings is 1. The molecule has 0 spiro atoms. The molecule has 1 aliphatic rings. The SMILES string of the molecule is O=C1NC(=Nc2ccc(Cl)cc2Cl)SC1=Cc1cccs1. The number of rotatable bonds is 2. The first kappa shape index (κ1) is 14.7. The summed E-state index contributed by atoms with van der Waals surface area (Å²) in [6, 6.07) is 8.93. The minimum absolute atomic E-state index is 0.155. The van der Waals surface area contributed by atoms with E-state index >= 15 is 0 Å². The second-order valence-corrected chi connectivity index (χ2v) is 6.95. The highest BCUT2D eigenvalue weighted by Gasteiger charge is 2.24. The van der Waals surface area contributed by atoms with E-state index in [1.54, 1.807) is 29.5 Å². The average molecular weight is 355 g/mol. The second kappa shape index (κ2) is 6.23. The lowest BCUT2D eigenvalue weighted by Crippen LogP contribution is -2.19. The summed E-state index contributed by atoms with van der Waals surface area (Å²) in [4.78, 5) is 17.9. The molecule has 1 aromatic heterocycles. The number of amidine groups is 1. The predicted molar refractivity (Wildman–Crippen MR) is 91.6 cm³/mol. The number of hydrogen-bond donors (Lipinski definition) is 1. The van der Waals surface area contributed by atoms with Gasteiger partial charge < -0.3 is 5.32 Å². The number of thiophene rings is 1. The van der Waals surface area contributed by atoms with Crippen LogP contribution in [-0.2, 0) is 4.79 Å². The number of carbonyl (C=O) groups excluding carboxylic acids is 1. The fraction of sp³-hybridized carbons (Fsp3) is 0. The quantitative estimate of drug-likeness (QED) is 0.775. The van der Waals surface area contributed by atoms with Crippen molar-refractivity contribution in [3.63, 3.8) is 0 Å². The first-order valence-corrected chi connectivity index (χ1v) is 8.35. The molecule has 0 aliphatic carbocycles. The summed E-state index contributed by atoms with van der Waals surface area (Å²) in [5.74, 6) is -0.155. The standard InChI is InChI=1S/C14H8Cl2N2OS2/c15-8-3-4-11(10(16)6-8)17-14-18-13(19)12(21-14)7-9-2-1-5-20-9/h1-7H,(H,17,18,19). The van der Waals surface area contributed by atoms with Crippen LogP contribution in [-0.4, -0.2) is 11.1 Å². The van der Waals surface area contributed by atoms with E-state index in [-0.39, 0.29) is 5.91 Å². The molecule has 0 radical (unpaired) electrons. The fourth-order valence-electron chi connectivity index (χ4n) is 1.66. The molecule has 1 saturated heterocycles. The number of thioether (sulfide) groups is 1. The molecule has 7 heteroatoms. The average Bonchev–Trinajstić information content (AvgIpc) is 3.04. The topological polar surface area (TPSA) is 41.5 Å². The molecular weight excluding hydrogens is 347 g/mol. The summed E-state index contributed by atoms with van der Waals surface area (Å²) in [7, 11) is 0. The number of carbonyl (C=O) groups is 1. The zero-order valence-corrected chi connectivity index (χ0v) is 13.6. The zero-order chi connectivity index (χ0) is 14.8. The van der Waals surface area contributed by atoms with Crippen molar-refractivity contribution in [1.29, 1.82) is 0 Å². The number of hydrogen-bond acceptors (Lipinski definition) is 4. The molecule has 2 heterocycles. The molecule has 1 amide bonds. The molecule has 1 aromatic carbocycles. The Bertz CT molecular complexity index is 754. The molecule has 0 saturated carbocycles. The lowest BCUT2D eigenvalue weighted by atomic mass is 10.3. The minimum Gasteiger partial charge on any atom is -0.300 e. The van der Waals surface area contributed by atoms with Crippen LogP contribution < -0.4 is 5.32 Å². The predicted octanol–water partition coefficient (Wildman–Crippen LogP) is 4.95. The lowest BCUT2D eigenvalue weighted by molar-refractivity contribution is -0.115. The van der Waals surface area contributed by atoms with Crippen LogP contribution in [0.1, 0.15) is 4.88 Å². The maximum absolute atomic E-state index is 11.9. The van der Waals surface area contributed by atoms with Crippen molar-refractivity contribution in [3.8, 4) is 0 Å². The molecule has 1 fully saturated rings. The Morgan fingerprint density at radius 1 is 1.24 bits per heavy atom. The molecule has 21 heavy (non-hydrogen) atoms. The summed E-state index contributed by atoms with van der Waals surface area (Å²) in [5, 5.41) is 6.19. The summed E-state index contributed by atoms with van der Waals surface area (Å²) >= 11 is 14.8. The third-order valence-corrected chi connectivity index (χ3v) is 4.87. The van der Waals surface area contributed by atoms with E-state index < -0.39 is 0 Å². The number of halogens is 2. The molecule has 2 aromatic rings. The highest BCUT2D eigenvalue weighted by Crippen LogP contribution is 2.32. The summed E-state index contributed by atoms with van der Waals surface area (Å²) in [6.07, 6.45) is 1.84. The molecule has 1 aliphatic heterocycles. The molecular formula is C14H8Cl2N2OS2. The first-order valence-electron chi connectivity index (χ1n) is 5.90. The van der Waals surface area contributed by atoms with Crippen LogP contribution in [0.3, 0.4) is 0 Å². The third-order valence-electron chi connectivity index (χ3n) is 2.60. The second-order valence-electron chi connectivity index (χ2n) is 4.09. The smallest absolute Gasteiger partial charge is 0.264 e. The summed E-state index contributed by atoms with van der Waals surface area (Å²) < 4.78 is 0. The van der Waals surface area contributed by atoms with E-state index in [2.05, 4.69) is 10.3 Å². The van der Waals surface area contributed by atoms with E-state index in [1.165, 1.54) is 11.8 Å². The van der Waals surface area contributed by atoms with Crippen molar-refractivity contribution in [2.45, 2.75) is 0 Å². The molecule has 1 N–H and O–H groups in total. The van der Waals surface area contributed by atoms with Gasteiger partial charge in [0.15, 0.2) is 5.17 Å². The minimum atomic E-state index is -0.155. The van der Waals surface area contributed by atoms with Crippen molar-refractivity contribution in [2.24, 2.45) is 4.99 Å². The maximum Gasteiger partial charge on any atom is 0.264 e. The molecule has 0 atom stereocenters. The lowest BCUT2D eigenvalue weighted by Gasteiger charge is -1.99. The Hall–Kier alpha value is -1.27. The number of aliphatic imine (C=N–C) groups is 1. The van der Waals surface area contributed by atoms with Gasteiger partial charge in [-0.05, 0) is 47.5 Å². The van der Waals surface area contributed by atoms with Crippen LogP contribution in [0, 0.1) is 0 Å². The van der Waals surface area contributed by atoms with E-state index in [0.717, 1.165) is 4.88 Å². The maximum atomic E-state index is 11.9. The number of nitrogens with one attached hydrogen (secondary N) is 1. The van der Waals surface area contributed by atoms with Gasteiger partial charge in [-0.3, -0.25) is 4.79 Å². The van der Waals surface area contributed by atoms with Crippen molar-refractivity contribution in [2.75, 3.05) is 0 Å². The molecule has 106 valence electrons. The summed E-state index contributed by atoms with van der Waals surface area (Å²) in [6.45, 7) is 0. The monoisotopic (exact) mass is 354 g/mol. The molecule has 0 bridgehead atoms.